The molecule has 4 rings (SSSR count). The lowest BCUT2D eigenvalue weighted by Crippen LogP contribution is -2.40. The fraction of sp³-hybridized carbons (Fsp3) is 0.333. The van der Waals surface area contributed by atoms with E-state index in [2.05, 4.69) is 20.4 Å². The lowest BCUT2D eigenvalue weighted by atomic mass is 9.97. The molecule has 0 radical (unpaired) electrons. The molecule has 8 nitrogen and oxygen atoms in total. The van der Waals surface area contributed by atoms with Crippen molar-refractivity contribution in [1.29, 1.82) is 0 Å². The van der Waals surface area contributed by atoms with Crippen molar-refractivity contribution in [3.63, 3.8) is 0 Å². The van der Waals surface area contributed by atoms with E-state index in [1.807, 2.05) is 0 Å². The third kappa shape index (κ3) is 5.81. The molecule has 1 amide bonds. The lowest BCUT2D eigenvalue weighted by molar-refractivity contribution is -0.121. The second-order valence-electron chi connectivity index (χ2n) is 7.88. The maximum Gasteiger partial charge on any atom is 0.338 e. The van der Waals surface area contributed by atoms with E-state index in [4.69, 9.17) is 9.26 Å². The summed E-state index contributed by atoms with van der Waals surface area (Å²) in [5.74, 6) is -0.206. The zero-order chi connectivity index (χ0) is 23.2. The molecule has 0 bridgehead atoms. The van der Waals surface area contributed by atoms with Crippen LogP contribution in [0.15, 0.2) is 53.1 Å². The van der Waals surface area contributed by atoms with Gasteiger partial charge in [0.1, 0.15) is 5.82 Å². The summed E-state index contributed by atoms with van der Waals surface area (Å²) in [7, 11) is 0. The molecule has 0 aliphatic carbocycles. The molecule has 1 unspecified atom stereocenters. The Kier molecular flexibility index (Phi) is 7.09. The molecular formula is C24H25FN4O4. The van der Waals surface area contributed by atoms with Crippen LogP contribution < -0.4 is 5.32 Å². The minimum Gasteiger partial charge on any atom is -0.462 e. The van der Waals surface area contributed by atoms with Crippen molar-refractivity contribution in [3.8, 4) is 11.4 Å². The monoisotopic (exact) mass is 452 g/mol. The first-order valence-electron chi connectivity index (χ1n) is 10.9. The van der Waals surface area contributed by atoms with Crippen molar-refractivity contribution in [2.45, 2.75) is 26.3 Å². The van der Waals surface area contributed by atoms with Crippen LogP contribution in [0.2, 0.25) is 0 Å². The van der Waals surface area contributed by atoms with E-state index in [0.717, 1.165) is 19.4 Å². The highest BCUT2D eigenvalue weighted by Crippen LogP contribution is 2.22. The van der Waals surface area contributed by atoms with Gasteiger partial charge in [-0.05, 0) is 68.8 Å². The number of hydrogen-bond acceptors (Lipinski definition) is 7. The maximum absolute atomic E-state index is 13.1. The van der Waals surface area contributed by atoms with E-state index in [-0.39, 0.29) is 17.6 Å². The van der Waals surface area contributed by atoms with Crippen LogP contribution in [0.4, 0.5) is 10.1 Å². The number of ether oxygens (including phenoxy) is 1. The van der Waals surface area contributed by atoms with Crippen LogP contribution in [0.1, 0.15) is 36.0 Å². The SMILES string of the molecule is CCOC(=O)c1cccc(NC(=O)C2CCCN(Cc3nc(-c4ccc(F)cc4)no3)C2)c1. The molecule has 2 heterocycles. The molecule has 33 heavy (non-hydrogen) atoms. The van der Waals surface area contributed by atoms with Gasteiger partial charge >= 0.3 is 5.97 Å². The Labute approximate surface area is 190 Å². The van der Waals surface area contributed by atoms with Crippen LogP contribution in [0, 0.1) is 11.7 Å². The Bertz CT molecular complexity index is 1120. The molecule has 1 N–H and O–H groups in total. The highest BCUT2D eigenvalue weighted by atomic mass is 19.1. The van der Waals surface area contributed by atoms with E-state index >= 15 is 0 Å². The summed E-state index contributed by atoms with van der Waals surface area (Å²) in [5, 5.41) is 6.88. The van der Waals surface area contributed by atoms with Gasteiger partial charge in [0.15, 0.2) is 0 Å². The predicted molar refractivity (Wildman–Crippen MR) is 119 cm³/mol. The van der Waals surface area contributed by atoms with Crippen molar-refractivity contribution in [1.82, 2.24) is 15.0 Å². The normalized spacial score (nSPS) is 16.4. The van der Waals surface area contributed by atoms with Crippen LogP contribution in [-0.4, -0.2) is 46.6 Å². The number of carbonyl (C=O) groups excluding carboxylic acids is 2. The summed E-state index contributed by atoms with van der Waals surface area (Å²) in [4.78, 5) is 31.3. The molecule has 1 aliphatic heterocycles. The number of amides is 1. The Balaban J connectivity index is 1.35. The molecule has 1 saturated heterocycles. The van der Waals surface area contributed by atoms with Crippen molar-refractivity contribution in [2.24, 2.45) is 5.92 Å². The number of aromatic nitrogens is 2. The van der Waals surface area contributed by atoms with E-state index in [9.17, 15) is 14.0 Å². The number of likely N-dealkylation sites (tertiary alicyclic amines) is 1. The van der Waals surface area contributed by atoms with Gasteiger partial charge in [0.25, 0.3) is 0 Å². The third-order valence-electron chi connectivity index (χ3n) is 5.45. The molecule has 2 aromatic carbocycles. The van der Waals surface area contributed by atoms with Crippen molar-refractivity contribution in [3.05, 3.63) is 65.8 Å². The number of halogens is 1. The van der Waals surface area contributed by atoms with E-state index in [0.29, 0.717) is 48.2 Å². The Hall–Kier alpha value is -3.59. The van der Waals surface area contributed by atoms with Crippen LogP contribution in [0.3, 0.4) is 0 Å². The van der Waals surface area contributed by atoms with Crippen molar-refractivity contribution >= 4 is 17.6 Å². The fourth-order valence-electron chi connectivity index (χ4n) is 3.82. The topological polar surface area (TPSA) is 97.6 Å². The number of hydrogen-bond donors (Lipinski definition) is 1. The van der Waals surface area contributed by atoms with Gasteiger partial charge in [0, 0.05) is 17.8 Å². The Morgan fingerprint density at radius 1 is 1.24 bits per heavy atom. The molecule has 172 valence electrons. The van der Waals surface area contributed by atoms with Gasteiger partial charge in [0.05, 0.1) is 24.6 Å². The Morgan fingerprint density at radius 2 is 2.06 bits per heavy atom. The highest BCUT2D eigenvalue weighted by molar-refractivity contribution is 5.95. The van der Waals surface area contributed by atoms with Gasteiger partial charge in [0.2, 0.25) is 17.6 Å². The summed E-state index contributed by atoms with van der Waals surface area (Å²) in [6, 6.07) is 12.6. The number of nitrogens with one attached hydrogen (secondary N) is 1. The first-order chi connectivity index (χ1) is 16.0. The predicted octanol–water partition coefficient (Wildman–Crippen LogP) is 3.90. The molecule has 0 saturated carbocycles. The number of rotatable bonds is 7. The average molecular weight is 452 g/mol. The summed E-state index contributed by atoms with van der Waals surface area (Å²) in [6.07, 6.45) is 1.63. The zero-order valence-corrected chi connectivity index (χ0v) is 18.3. The van der Waals surface area contributed by atoms with Gasteiger partial charge < -0.3 is 14.6 Å². The molecule has 1 aromatic heterocycles. The van der Waals surface area contributed by atoms with Gasteiger partial charge in [-0.1, -0.05) is 11.2 Å². The van der Waals surface area contributed by atoms with Crippen LogP contribution >= 0.6 is 0 Å². The second kappa shape index (κ2) is 10.4. The number of esters is 1. The minimum absolute atomic E-state index is 0.0989. The molecule has 1 atom stereocenters. The quantitative estimate of drug-likeness (QED) is 0.543. The number of carbonyl (C=O) groups is 2. The summed E-state index contributed by atoms with van der Waals surface area (Å²) < 4.78 is 23.5. The molecule has 1 fully saturated rings. The molecular weight excluding hydrogens is 427 g/mol. The fourth-order valence-corrected chi connectivity index (χ4v) is 3.82. The summed E-state index contributed by atoms with van der Waals surface area (Å²) >= 11 is 0. The summed E-state index contributed by atoms with van der Waals surface area (Å²) in [6.45, 7) is 3.83. The van der Waals surface area contributed by atoms with E-state index < -0.39 is 5.97 Å². The van der Waals surface area contributed by atoms with E-state index in [1.165, 1.54) is 12.1 Å². The maximum atomic E-state index is 13.1. The third-order valence-corrected chi connectivity index (χ3v) is 5.45. The number of piperidine rings is 1. The first-order valence-corrected chi connectivity index (χ1v) is 10.9. The minimum atomic E-state index is -0.419. The van der Waals surface area contributed by atoms with Gasteiger partial charge in [-0.25, -0.2) is 9.18 Å². The smallest absolute Gasteiger partial charge is 0.338 e. The highest BCUT2D eigenvalue weighted by Gasteiger charge is 2.27. The average Bonchev–Trinajstić information content (AvgIpc) is 3.28. The van der Waals surface area contributed by atoms with Crippen LogP contribution in [-0.2, 0) is 16.1 Å². The standard InChI is InChI=1S/C24H25FN4O4/c1-2-32-24(31)17-5-3-7-20(13-17)26-23(30)18-6-4-12-29(14-18)15-21-27-22(28-33-21)16-8-10-19(25)11-9-16/h3,5,7-11,13,18H,2,4,6,12,14-15H2,1H3,(H,26,30). The molecule has 0 spiro atoms. The van der Waals surface area contributed by atoms with Gasteiger partial charge in [-0.2, -0.15) is 4.98 Å². The number of benzene rings is 2. The van der Waals surface area contributed by atoms with Gasteiger partial charge in [-0.3, -0.25) is 9.69 Å². The zero-order valence-electron chi connectivity index (χ0n) is 18.3. The molecule has 3 aromatic rings. The van der Waals surface area contributed by atoms with Crippen molar-refractivity contribution < 1.29 is 23.2 Å². The van der Waals surface area contributed by atoms with E-state index in [1.54, 1.807) is 43.3 Å². The first kappa shape index (κ1) is 22.6. The molecule has 9 heteroatoms. The largest absolute Gasteiger partial charge is 0.462 e. The molecule has 1 aliphatic rings. The van der Waals surface area contributed by atoms with Crippen LogP contribution in [0.5, 0.6) is 0 Å². The van der Waals surface area contributed by atoms with Crippen molar-refractivity contribution in [2.75, 3.05) is 25.0 Å². The lowest BCUT2D eigenvalue weighted by Gasteiger charge is -2.30. The van der Waals surface area contributed by atoms with Crippen LogP contribution in [0.25, 0.3) is 11.4 Å². The summed E-state index contributed by atoms with van der Waals surface area (Å²) in [5.41, 5.74) is 1.63. The Morgan fingerprint density at radius 3 is 2.85 bits per heavy atom. The number of nitrogens with zero attached hydrogens (tertiary/aromatic N) is 3. The van der Waals surface area contributed by atoms with Gasteiger partial charge in [-0.15, -0.1) is 0 Å². The number of anilines is 1. The second-order valence-corrected chi connectivity index (χ2v) is 7.88.